The van der Waals surface area contributed by atoms with E-state index in [9.17, 15) is 9.90 Å². The first-order valence-electron chi connectivity index (χ1n) is 7.37. The van der Waals surface area contributed by atoms with Crippen molar-refractivity contribution >= 4 is 5.78 Å². The lowest BCUT2D eigenvalue weighted by Crippen LogP contribution is -2.46. The Kier molecular flexibility index (Phi) is 2.91. The van der Waals surface area contributed by atoms with Gasteiger partial charge in [-0.2, -0.15) is 0 Å². The van der Waals surface area contributed by atoms with E-state index in [4.69, 9.17) is 0 Å². The zero-order valence-electron chi connectivity index (χ0n) is 12.4. The molecule has 0 aromatic heterocycles. The molecule has 20 heavy (non-hydrogen) atoms. The first kappa shape index (κ1) is 13.6. The molecule has 1 N–H and O–H groups in total. The Morgan fingerprint density at radius 1 is 1.15 bits per heavy atom. The highest BCUT2D eigenvalue weighted by molar-refractivity contribution is 6.00. The van der Waals surface area contributed by atoms with Gasteiger partial charge in [-0.1, -0.05) is 56.7 Å². The van der Waals surface area contributed by atoms with Crippen molar-refractivity contribution in [2.45, 2.75) is 45.6 Å². The summed E-state index contributed by atoms with van der Waals surface area (Å²) in [6.45, 7) is 6.43. The molecule has 1 aromatic rings. The monoisotopic (exact) mass is 270 g/mol. The maximum absolute atomic E-state index is 12.6. The summed E-state index contributed by atoms with van der Waals surface area (Å²) in [5.41, 5.74) is 1.68. The van der Waals surface area contributed by atoms with Crippen molar-refractivity contribution in [3.63, 3.8) is 0 Å². The molecule has 1 aromatic carbocycles. The number of ketones is 1. The minimum absolute atomic E-state index is 0.00678. The molecule has 1 saturated carbocycles. The molecule has 0 bridgehead atoms. The number of aliphatic hydroxyl groups is 1. The molecule has 0 radical (unpaired) electrons. The maximum Gasteiger partial charge on any atom is 0.164 e. The molecule has 0 heterocycles. The lowest BCUT2D eigenvalue weighted by molar-refractivity contribution is -0.119. The largest absolute Gasteiger partial charge is 0.392 e. The van der Waals surface area contributed by atoms with Crippen molar-refractivity contribution in [3.8, 4) is 0 Å². The van der Waals surface area contributed by atoms with Crippen LogP contribution in [0.5, 0.6) is 0 Å². The molecule has 1 fully saturated rings. The Morgan fingerprint density at radius 3 is 2.45 bits per heavy atom. The summed E-state index contributed by atoms with van der Waals surface area (Å²) in [6, 6.07) is 9.88. The van der Waals surface area contributed by atoms with Gasteiger partial charge in [-0.3, -0.25) is 4.79 Å². The van der Waals surface area contributed by atoms with E-state index in [1.165, 1.54) is 0 Å². The fraction of sp³-hybridized carbons (Fsp3) is 0.500. The summed E-state index contributed by atoms with van der Waals surface area (Å²) in [6.07, 6.45) is 3.06. The van der Waals surface area contributed by atoms with E-state index in [0.717, 1.165) is 24.0 Å². The van der Waals surface area contributed by atoms with Crippen LogP contribution in [0.2, 0.25) is 0 Å². The van der Waals surface area contributed by atoms with Crippen LogP contribution in [-0.2, 0) is 4.79 Å². The number of allylic oxidation sites excluding steroid dienone is 1. The fourth-order valence-corrected chi connectivity index (χ4v) is 4.22. The minimum Gasteiger partial charge on any atom is -0.392 e. The Labute approximate surface area is 120 Å². The van der Waals surface area contributed by atoms with Crippen LogP contribution >= 0.6 is 0 Å². The lowest BCUT2D eigenvalue weighted by atomic mass is 9.56. The van der Waals surface area contributed by atoms with E-state index < -0.39 is 11.5 Å². The minimum atomic E-state index is -0.458. The zero-order chi connectivity index (χ0) is 14.5. The molecule has 0 unspecified atom stereocenters. The van der Waals surface area contributed by atoms with Crippen molar-refractivity contribution in [3.05, 3.63) is 47.5 Å². The van der Waals surface area contributed by atoms with Crippen LogP contribution in [0, 0.1) is 10.8 Å². The van der Waals surface area contributed by atoms with Crippen LogP contribution in [0.4, 0.5) is 0 Å². The van der Waals surface area contributed by atoms with E-state index in [1.807, 2.05) is 30.3 Å². The molecule has 106 valence electrons. The van der Waals surface area contributed by atoms with Crippen molar-refractivity contribution in [2.75, 3.05) is 0 Å². The quantitative estimate of drug-likeness (QED) is 0.848. The summed E-state index contributed by atoms with van der Waals surface area (Å²) in [7, 11) is 0. The Balaban J connectivity index is 2.13. The number of aliphatic hydroxyl groups excluding tert-OH is 1. The topological polar surface area (TPSA) is 37.3 Å². The summed E-state index contributed by atoms with van der Waals surface area (Å²) in [5, 5.41) is 10.6. The molecule has 3 rings (SSSR count). The number of benzene rings is 1. The van der Waals surface area contributed by atoms with Crippen molar-refractivity contribution in [2.24, 2.45) is 10.8 Å². The normalized spacial score (nSPS) is 35.6. The third-order valence-electron chi connectivity index (χ3n) is 5.35. The van der Waals surface area contributed by atoms with Crippen LogP contribution in [0.15, 0.2) is 42.0 Å². The predicted octanol–water partition coefficient (Wildman–Crippen LogP) is 3.47. The van der Waals surface area contributed by atoms with E-state index in [1.54, 1.807) is 6.08 Å². The Morgan fingerprint density at radius 2 is 1.80 bits per heavy atom. The molecule has 0 aliphatic heterocycles. The molecule has 0 amide bonds. The van der Waals surface area contributed by atoms with Gasteiger partial charge in [0.05, 0.1) is 12.0 Å². The number of carbonyl (C=O) groups excluding carboxylic acids is 1. The van der Waals surface area contributed by atoms with Gasteiger partial charge >= 0.3 is 0 Å². The number of hydrogen-bond acceptors (Lipinski definition) is 2. The molecule has 2 heteroatoms. The van der Waals surface area contributed by atoms with Gasteiger partial charge in [0.1, 0.15) is 0 Å². The summed E-state index contributed by atoms with van der Waals surface area (Å²) < 4.78 is 0. The smallest absolute Gasteiger partial charge is 0.164 e. The predicted molar refractivity (Wildman–Crippen MR) is 79.4 cm³/mol. The van der Waals surface area contributed by atoms with Crippen LogP contribution in [0.1, 0.15) is 45.1 Å². The molecule has 2 nitrogen and oxygen atoms in total. The lowest BCUT2D eigenvalue weighted by Gasteiger charge is -2.49. The summed E-state index contributed by atoms with van der Waals surface area (Å²) >= 11 is 0. The third-order valence-corrected chi connectivity index (χ3v) is 5.35. The first-order valence-corrected chi connectivity index (χ1v) is 7.37. The third kappa shape index (κ3) is 1.71. The molecule has 3 atom stereocenters. The van der Waals surface area contributed by atoms with Crippen LogP contribution in [0.3, 0.4) is 0 Å². The van der Waals surface area contributed by atoms with Crippen molar-refractivity contribution in [1.29, 1.82) is 0 Å². The van der Waals surface area contributed by atoms with Gasteiger partial charge in [0, 0.05) is 5.41 Å². The Bertz CT molecular complexity index is 570. The number of rotatable bonds is 1. The SMILES string of the molecule is CC1(C)CC[C@H](O)[C@]2(C)C1=CC(=O)[C@H]2c1ccccc1. The second-order valence-electron chi connectivity index (χ2n) is 7.03. The molecule has 2 aliphatic rings. The number of fused-ring (bicyclic) bond motifs is 1. The van der Waals surface area contributed by atoms with Gasteiger partial charge in [-0.15, -0.1) is 0 Å². The van der Waals surface area contributed by atoms with Crippen LogP contribution in [-0.4, -0.2) is 17.0 Å². The van der Waals surface area contributed by atoms with E-state index in [0.29, 0.717) is 0 Å². The van der Waals surface area contributed by atoms with E-state index in [-0.39, 0.29) is 17.1 Å². The number of hydrogen-bond donors (Lipinski definition) is 1. The maximum atomic E-state index is 12.6. The molecular formula is C18H22O2. The van der Waals surface area contributed by atoms with Crippen molar-refractivity contribution in [1.82, 2.24) is 0 Å². The van der Waals surface area contributed by atoms with Gasteiger partial charge in [0.25, 0.3) is 0 Å². The highest BCUT2D eigenvalue weighted by Gasteiger charge is 2.57. The molecule has 0 spiro atoms. The van der Waals surface area contributed by atoms with Gasteiger partial charge < -0.3 is 5.11 Å². The molecule has 2 aliphatic carbocycles. The molecule has 0 saturated heterocycles. The second kappa shape index (κ2) is 4.29. The van der Waals surface area contributed by atoms with E-state index in [2.05, 4.69) is 20.8 Å². The summed E-state index contributed by atoms with van der Waals surface area (Å²) in [5.74, 6) is -0.101. The second-order valence-corrected chi connectivity index (χ2v) is 7.03. The first-order chi connectivity index (χ1) is 9.37. The van der Waals surface area contributed by atoms with Gasteiger partial charge in [0.15, 0.2) is 5.78 Å². The molecular weight excluding hydrogens is 248 g/mol. The zero-order valence-corrected chi connectivity index (χ0v) is 12.4. The van der Waals surface area contributed by atoms with Crippen LogP contribution < -0.4 is 0 Å². The fourth-order valence-electron chi connectivity index (χ4n) is 4.22. The van der Waals surface area contributed by atoms with Gasteiger partial charge in [0.2, 0.25) is 0 Å². The summed E-state index contributed by atoms with van der Waals surface area (Å²) in [4.78, 5) is 12.6. The van der Waals surface area contributed by atoms with Gasteiger partial charge in [-0.05, 0) is 29.9 Å². The standard InChI is InChI=1S/C18H22O2/c1-17(2)10-9-15(20)18(3)14(17)11-13(19)16(18)12-7-5-4-6-8-12/h4-8,11,15-16,20H,9-10H2,1-3H3/t15-,16+,18-/m0/s1. The Hall–Kier alpha value is -1.41. The average molecular weight is 270 g/mol. The van der Waals surface area contributed by atoms with E-state index >= 15 is 0 Å². The van der Waals surface area contributed by atoms with Crippen molar-refractivity contribution < 1.29 is 9.90 Å². The number of carbonyl (C=O) groups is 1. The average Bonchev–Trinajstić information content (AvgIpc) is 2.70. The highest BCUT2D eigenvalue weighted by Crippen LogP contribution is 2.60. The van der Waals surface area contributed by atoms with Crippen LogP contribution in [0.25, 0.3) is 0 Å². The van der Waals surface area contributed by atoms with Gasteiger partial charge in [-0.25, -0.2) is 0 Å². The highest BCUT2D eigenvalue weighted by atomic mass is 16.3.